The number of aliphatic hydroxyl groups is 2. The summed E-state index contributed by atoms with van der Waals surface area (Å²) in [5.74, 6) is -0.553. The minimum absolute atomic E-state index is 0.0595. The molecule has 0 bridgehead atoms. The number of ether oxygens (including phenoxy) is 5. The number of carbonyl (C=O) groups excluding carboxylic acids is 1. The van der Waals surface area contributed by atoms with Gasteiger partial charge in [-0.25, -0.2) is 0 Å². The molecule has 8 atom stereocenters. The van der Waals surface area contributed by atoms with E-state index < -0.39 is 57.8 Å². The third-order valence-corrected chi connectivity index (χ3v) is 6.36. The van der Waals surface area contributed by atoms with Gasteiger partial charge in [0.1, 0.15) is 0 Å². The van der Waals surface area contributed by atoms with Gasteiger partial charge in [-0.1, -0.05) is 0 Å². The van der Waals surface area contributed by atoms with E-state index in [0.717, 1.165) is 19.3 Å². The number of rotatable bonds is 8. The van der Waals surface area contributed by atoms with E-state index in [4.69, 9.17) is 31.3 Å². The van der Waals surface area contributed by atoms with Gasteiger partial charge in [-0.2, -0.15) is 0 Å². The van der Waals surface area contributed by atoms with Crippen molar-refractivity contribution in [3.8, 4) is 0 Å². The van der Waals surface area contributed by atoms with Crippen molar-refractivity contribution in [2.75, 3.05) is 26.9 Å². The molecule has 0 radical (unpaired) electrons. The van der Waals surface area contributed by atoms with E-state index in [0.29, 0.717) is 0 Å². The van der Waals surface area contributed by atoms with Crippen molar-refractivity contribution in [2.45, 2.75) is 62.4 Å². The summed E-state index contributed by atoms with van der Waals surface area (Å²) in [7, 11) is 1.57. The fourth-order valence-corrected chi connectivity index (χ4v) is 5.10. The predicted octanol–water partition coefficient (Wildman–Crippen LogP) is -1.08. The first-order valence-corrected chi connectivity index (χ1v) is 11.4. The van der Waals surface area contributed by atoms with E-state index >= 15 is 0 Å². The van der Waals surface area contributed by atoms with Gasteiger partial charge < -0.3 is 9.47 Å². The van der Waals surface area contributed by atoms with Gasteiger partial charge in [-0.15, -0.1) is 0 Å². The predicted molar refractivity (Wildman–Crippen MR) is 93.5 cm³/mol. The molecule has 0 aromatic carbocycles. The summed E-state index contributed by atoms with van der Waals surface area (Å²) in [6.07, 6.45) is -0.236. The Kier molecular flexibility index (Phi) is 8.69. The molecule has 3 rings (SSSR count). The van der Waals surface area contributed by atoms with E-state index in [9.17, 15) is 18.8 Å². The van der Waals surface area contributed by atoms with Crippen molar-refractivity contribution < 1.29 is 50.2 Å². The normalized spacial score (nSPS) is 40.1. The summed E-state index contributed by atoms with van der Waals surface area (Å²) in [4.78, 5) is 11.8. The molecule has 3 heterocycles. The Labute approximate surface area is 172 Å². The molecule has 12 heteroatoms. The molecule has 0 aliphatic carbocycles. The number of aliphatic hydroxyl groups excluding tert-OH is 2. The number of fused-ring (bicyclic) bond motifs is 1. The number of hydrogen-bond acceptors (Lipinski definition) is 11. The summed E-state index contributed by atoms with van der Waals surface area (Å²) in [6.45, 7) is -0.339. The Morgan fingerprint density at radius 1 is 1.24 bits per heavy atom. The maximum Gasteiger partial charge on any atom is -0.346 e. The summed E-state index contributed by atoms with van der Waals surface area (Å²) in [6, 6.07) is 0. The molecule has 3 aliphatic rings. The Bertz CT molecular complexity index is 600. The maximum absolute atomic E-state index is 11.8. The summed E-state index contributed by atoms with van der Waals surface area (Å²) in [5, 5.41) is 19.6. The fraction of sp³-hybridized carbons (Fsp3) is 0.824. The molecular formula is C17H26O11Se. The fourth-order valence-electron chi connectivity index (χ4n) is 3.29. The van der Waals surface area contributed by atoms with Gasteiger partial charge in [0.2, 0.25) is 0 Å². The van der Waals surface area contributed by atoms with Crippen LogP contribution in [0.5, 0.6) is 0 Å². The van der Waals surface area contributed by atoms with Gasteiger partial charge in [0.15, 0.2) is 6.29 Å². The van der Waals surface area contributed by atoms with Crippen LogP contribution in [0.2, 0.25) is 0 Å². The third kappa shape index (κ3) is 6.11. The van der Waals surface area contributed by atoms with Gasteiger partial charge in [-0.3, -0.25) is 0 Å². The molecule has 3 fully saturated rings. The minimum Gasteiger partial charge on any atom is -0.346 e. The second-order valence-electron chi connectivity index (χ2n) is 6.76. The molecule has 3 saturated heterocycles. The summed E-state index contributed by atoms with van der Waals surface area (Å²) < 4.78 is 48.4. The molecule has 8 unspecified atom stereocenters. The smallest absolute Gasteiger partial charge is 0.346 e. The van der Waals surface area contributed by atoms with Crippen LogP contribution in [-0.2, 0) is 40.0 Å². The van der Waals surface area contributed by atoms with E-state index in [1.54, 1.807) is 7.11 Å². The van der Waals surface area contributed by atoms with Crippen LogP contribution in [0, 0.1) is 0 Å². The average molecular weight is 485 g/mol. The van der Waals surface area contributed by atoms with Gasteiger partial charge in [0, 0.05) is 7.11 Å². The molecule has 0 saturated carbocycles. The van der Waals surface area contributed by atoms with Crippen LogP contribution in [0.25, 0.3) is 0 Å². The minimum atomic E-state index is -2.97. The summed E-state index contributed by atoms with van der Waals surface area (Å²) in [5.41, 5.74) is 0. The number of carbonyl (C=O) groups is 1. The van der Waals surface area contributed by atoms with Crippen LogP contribution in [0.1, 0.15) is 19.3 Å². The van der Waals surface area contributed by atoms with Gasteiger partial charge >= 0.3 is 130 Å². The molecule has 11 nitrogen and oxygen atoms in total. The van der Waals surface area contributed by atoms with Gasteiger partial charge in [0.05, 0.1) is 0 Å². The Balaban J connectivity index is 1.39. The largest absolute Gasteiger partial charge is 0.346 e. The van der Waals surface area contributed by atoms with Crippen LogP contribution >= 0.6 is 0 Å². The molecule has 0 spiro atoms. The molecule has 0 aromatic heterocycles. The molecule has 3 aliphatic heterocycles. The average Bonchev–Trinajstić information content (AvgIpc) is 3.13. The Morgan fingerprint density at radius 2 is 2.03 bits per heavy atom. The quantitative estimate of drug-likeness (QED) is 0.247. The van der Waals surface area contributed by atoms with E-state index in [1.165, 1.54) is 12.2 Å². The van der Waals surface area contributed by atoms with Crippen molar-refractivity contribution in [1.82, 2.24) is 0 Å². The van der Waals surface area contributed by atoms with E-state index in [-0.39, 0.29) is 25.6 Å². The second-order valence-corrected chi connectivity index (χ2v) is 8.43. The first kappa shape index (κ1) is 22.9. The zero-order valence-electron chi connectivity index (χ0n) is 15.9. The SMILES string of the molecule is COC1CCCC(COC(=O)C=CCOC2OC(CO)C3O[Se](=O)OC3C2O)O1. The topological polar surface area (TPSA) is 139 Å². The summed E-state index contributed by atoms with van der Waals surface area (Å²) >= 11 is -2.97. The van der Waals surface area contributed by atoms with Gasteiger partial charge in [0.25, 0.3) is 0 Å². The molecular weight excluding hydrogens is 459 g/mol. The molecule has 0 aromatic rings. The van der Waals surface area contributed by atoms with Crippen LogP contribution in [0.4, 0.5) is 0 Å². The molecule has 166 valence electrons. The van der Waals surface area contributed by atoms with Crippen molar-refractivity contribution >= 4 is 20.5 Å². The molecule has 0 amide bonds. The third-order valence-electron chi connectivity index (χ3n) is 4.77. The number of methoxy groups -OCH3 is 1. The zero-order chi connectivity index (χ0) is 20.8. The van der Waals surface area contributed by atoms with Crippen LogP contribution in [0.3, 0.4) is 0 Å². The van der Waals surface area contributed by atoms with Crippen molar-refractivity contribution in [2.24, 2.45) is 0 Å². The van der Waals surface area contributed by atoms with Crippen LogP contribution < -0.4 is 0 Å². The van der Waals surface area contributed by atoms with Crippen molar-refractivity contribution in [3.05, 3.63) is 12.2 Å². The van der Waals surface area contributed by atoms with Gasteiger partial charge in [-0.05, 0) is 19.3 Å². The Hall–Kier alpha value is -0.791. The zero-order valence-corrected chi connectivity index (χ0v) is 17.6. The first-order valence-electron chi connectivity index (χ1n) is 9.35. The van der Waals surface area contributed by atoms with Crippen LogP contribution in [0.15, 0.2) is 12.2 Å². The van der Waals surface area contributed by atoms with E-state index in [2.05, 4.69) is 0 Å². The standard InChI is InChI=1S/C17H26O11Se/c1-22-13-6-2-4-10(25-13)9-24-12(19)5-3-7-23-17-14(20)16-15(11(8-18)26-17)27-29(21)28-16/h3,5,10-11,13-18,20H,2,4,6-9H2,1H3. The van der Waals surface area contributed by atoms with Crippen molar-refractivity contribution in [3.63, 3.8) is 0 Å². The van der Waals surface area contributed by atoms with Crippen molar-refractivity contribution in [1.29, 1.82) is 0 Å². The first-order chi connectivity index (χ1) is 14.0. The second kappa shape index (κ2) is 11.0. The molecule has 2 N–H and O–H groups in total. The maximum atomic E-state index is 11.8. The molecule has 29 heavy (non-hydrogen) atoms. The Morgan fingerprint density at radius 3 is 2.79 bits per heavy atom. The number of esters is 1. The van der Waals surface area contributed by atoms with Crippen LogP contribution in [-0.4, -0.2) is 101 Å². The monoisotopic (exact) mass is 486 g/mol. The number of hydrogen-bond donors (Lipinski definition) is 2. The van der Waals surface area contributed by atoms with E-state index in [1.807, 2.05) is 0 Å².